The highest BCUT2D eigenvalue weighted by Gasteiger charge is 2.36. The number of para-hydroxylation sites is 1. The third-order valence-corrected chi connectivity index (χ3v) is 6.51. The fraction of sp³-hybridized carbons (Fsp3) is 0.207. The molecule has 2 heterocycles. The number of carbonyl (C=O) groups is 1. The second-order valence-electron chi connectivity index (χ2n) is 8.85. The Balaban J connectivity index is 1.61. The summed E-state index contributed by atoms with van der Waals surface area (Å²) < 4.78 is 16.7. The molecule has 0 bridgehead atoms. The van der Waals surface area contributed by atoms with Crippen LogP contribution in [0, 0.1) is 6.92 Å². The van der Waals surface area contributed by atoms with Crippen molar-refractivity contribution in [2.45, 2.75) is 26.4 Å². The normalized spacial score (nSPS) is 15.5. The third-order valence-electron chi connectivity index (χ3n) is 6.51. The molecular weight excluding hydrogens is 468 g/mol. The molecule has 1 aliphatic heterocycles. The topological polar surface area (TPSA) is 89.7 Å². The fourth-order valence-corrected chi connectivity index (χ4v) is 4.48. The van der Waals surface area contributed by atoms with Gasteiger partial charge in [-0.05, 0) is 37.6 Å². The lowest BCUT2D eigenvalue weighted by Gasteiger charge is -2.35. The molecule has 188 valence electrons. The Hall–Kier alpha value is -4.59. The molecule has 0 aliphatic carbocycles. The standard InChI is InChI=1S/C29H28N4O4/c1-18-12-14-20(15-13-18)27-31-28(37-32-27)25-19(2)33(17-22-8-5-6-11-24(22)36-4)29(34)30-26(25)21-9-7-10-23(16-21)35-3/h5-16,26H,17H2,1-4H3,(H,30,34). The predicted octanol–water partition coefficient (Wildman–Crippen LogP) is 5.76. The number of hydrogen-bond donors (Lipinski definition) is 1. The molecule has 4 aromatic rings. The Morgan fingerprint density at radius 1 is 0.973 bits per heavy atom. The first-order valence-electron chi connectivity index (χ1n) is 11.9. The Bertz CT molecular complexity index is 1460. The number of rotatable bonds is 7. The van der Waals surface area contributed by atoms with Gasteiger partial charge in [0.25, 0.3) is 5.89 Å². The molecule has 3 aromatic carbocycles. The smallest absolute Gasteiger partial charge is 0.322 e. The summed E-state index contributed by atoms with van der Waals surface area (Å²) in [6, 6.07) is 22.4. The van der Waals surface area contributed by atoms with Crippen LogP contribution in [0.5, 0.6) is 11.5 Å². The zero-order chi connectivity index (χ0) is 25.9. The molecule has 0 spiro atoms. The molecule has 1 N–H and O–H groups in total. The first kappa shape index (κ1) is 24.1. The van der Waals surface area contributed by atoms with Crippen molar-refractivity contribution in [2.24, 2.45) is 0 Å². The van der Waals surface area contributed by atoms with E-state index in [1.54, 1.807) is 19.1 Å². The first-order chi connectivity index (χ1) is 18.0. The van der Waals surface area contributed by atoms with E-state index in [0.717, 1.165) is 22.3 Å². The summed E-state index contributed by atoms with van der Waals surface area (Å²) in [4.78, 5) is 19.8. The molecule has 1 aromatic heterocycles. The van der Waals surface area contributed by atoms with Gasteiger partial charge in [0.05, 0.1) is 32.4 Å². The molecular formula is C29H28N4O4. The van der Waals surface area contributed by atoms with Gasteiger partial charge in [0, 0.05) is 16.8 Å². The maximum atomic E-state index is 13.4. The second kappa shape index (κ2) is 10.2. The molecule has 1 unspecified atom stereocenters. The van der Waals surface area contributed by atoms with Gasteiger partial charge in [0.1, 0.15) is 11.5 Å². The van der Waals surface area contributed by atoms with Crippen molar-refractivity contribution in [3.63, 3.8) is 0 Å². The number of methoxy groups -OCH3 is 2. The summed E-state index contributed by atoms with van der Waals surface area (Å²) in [6.45, 7) is 4.24. The molecule has 0 fully saturated rings. The maximum absolute atomic E-state index is 13.4. The van der Waals surface area contributed by atoms with Gasteiger partial charge < -0.3 is 19.3 Å². The summed E-state index contributed by atoms with van der Waals surface area (Å²) in [7, 11) is 3.23. The van der Waals surface area contributed by atoms with Crippen molar-refractivity contribution in [3.05, 3.63) is 101 Å². The van der Waals surface area contributed by atoms with Crippen molar-refractivity contribution in [1.82, 2.24) is 20.4 Å². The largest absolute Gasteiger partial charge is 0.497 e. The second-order valence-corrected chi connectivity index (χ2v) is 8.85. The van der Waals surface area contributed by atoms with Crippen molar-refractivity contribution in [2.75, 3.05) is 14.2 Å². The van der Waals surface area contributed by atoms with E-state index in [1.807, 2.05) is 86.6 Å². The lowest BCUT2D eigenvalue weighted by molar-refractivity contribution is 0.202. The van der Waals surface area contributed by atoms with Gasteiger partial charge in [-0.15, -0.1) is 0 Å². The number of aromatic nitrogens is 2. The summed E-state index contributed by atoms with van der Waals surface area (Å²) in [5, 5.41) is 7.38. The van der Waals surface area contributed by atoms with Crippen LogP contribution in [-0.2, 0) is 6.54 Å². The molecule has 8 nitrogen and oxygen atoms in total. The summed E-state index contributed by atoms with van der Waals surface area (Å²) in [5.41, 5.74) is 5.14. The van der Waals surface area contributed by atoms with E-state index in [1.165, 1.54) is 0 Å². The number of allylic oxidation sites excluding steroid dienone is 1. The van der Waals surface area contributed by atoms with E-state index in [2.05, 4.69) is 10.5 Å². The van der Waals surface area contributed by atoms with E-state index in [4.69, 9.17) is 19.0 Å². The predicted molar refractivity (Wildman–Crippen MR) is 140 cm³/mol. The number of amides is 2. The van der Waals surface area contributed by atoms with E-state index in [0.29, 0.717) is 41.0 Å². The van der Waals surface area contributed by atoms with Gasteiger partial charge in [-0.3, -0.25) is 4.90 Å². The van der Waals surface area contributed by atoms with Gasteiger partial charge in [-0.2, -0.15) is 4.98 Å². The molecule has 37 heavy (non-hydrogen) atoms. The fourth-order valence-electron chi connectivity index (χ4n) is 4.48. The molecule has 1 aliphatic rings. The zero-order valence-electron chi connectivity index (χ0n) is 21.2. The van der Waals surface area contributed by atoms with Crippen LogP contribution in [0.3, 0.4) is 0 Å². The van der Waals surface area contributed by atoms with Gasteiger partial charge in [-0.25, -0.2) is 4.79 Å². The van der Waals surface area contributed by atoms with Crippen molar-refractivity contribution in [3.8, 4) is 22.9 Å². The molecule has 1 atom stereocenters. The van der Waals surface area contributed by atoms with Crippen molar-refractivity contribution >= 4 is 11.6 Å². The minimum Gasteiger partial charge on any atom is -0.497 e. The lowest BCUT2D eigenvalue weighted by atomic mass is 9.94. The average Bonchev–Trinajstić information content (AvgIpc) is 3.41. The minimum absolute atomic E-state index is 0.238. The highest BCUT2D eigenvalue weighted by molar-refractivity contribution is 5.87. The Morgan fingerprint density at radius 3 is 2.51 bits per heavy atom. The summed E-state index contributed by atoms with van der Waals surface area (Å²) in [5.74, 6) is 2.21. The molecule has 0 saturated heterocycles. The molecule has 2 amide bonds. The number of aryl methyl sites for hydroxylation is 1. The van der Waals surface area contributed by atoms with E-state index in [-0.39, 0.29) is 6.03 Å². The van der Waals surface area contributed by atoms with Crippen LogP contribution in [0.15, 0.2) is 83.0 Å². The van der Waals surface area contributed by atoms with Gasteiger partial charge in [0.15, 0.2) is 0 Å². The van der Waals surface area contributed by atoms with Crippen LogP contribution < -0.4 is 14.8 Å². The Morgan fingerprint density at radius 2 is 1.76 bits per heavy atom. The molecule has 5 rings (SSSR count). The Kier molecular flexibility index (Phi) is 6.64. The Labute approximate surface area is 215 Å². The quantitative estimate of drug-likeness (QED) is 0.350. The van der Waals surface area contributed by atoms with Crippen LogP contribution in [0.25, 0.3) is 17.0 Å². The summed E-state index contributed by atoms with van der Waals surface area (Å²) >= 11 is 0. The number of ether oxygens (including phenoxy) is 2. The zero-order valence-corrected chi connectivity index (χ0v) is 21.2. The van der Waals surface area contributed by atoms with Crippen LogP contribution in [0.2, 0.25) is 0 Å². The monoisotopic (exact) mass is 496 g/mol. The van der Waals surface area contributed by atoms with Gasteiger partial charge in [-0.1, -0.05) is 65.3 Å². The number of nitrogens with one attached hydrogen (secondary N) is 1. The van der Waals surface area contributed by atoms with Crippen LogP contribution in [-0.4, -0.2) is 35.3 Å². The third kappa shape index (κ3) is 4.78. The number of hydrogen-bond acceptors (Lipinski definition) is 6. The number of urea groups is 1. The van der Waals surface area contributed by atoms with Crippen molar-refractivity contribution < 1.29 is 18.8 Å². The van der Waals surface area contributed by atoms with E-state index >= 15 is 0 Å². The van der Waals surface area contributed by atoms with Crippen LogP contribution in [0.1, 0.15) is 35.5 Å². The minimum atomic E-state index is -0.511. The number of nitrogens with zero attached hydrogens (tertiary/aromatic N) is 3. The van der Waals surface area contributed by atoms with E-state index in [9.17, 15) is 4.79 Å². The highest BCUT2D eigenvalue weighted by atomic mass is 16.5. The lowest BCUT2D eigenvalue weighted by Crippen LogP contribution is -2.45. The molecule has 8 heteroatoms. The first-order valence-corrected chi connectivity index (χ1v) is 11.9. The van der Waals surface area contributed by atoms with Crippen LogP contribution >= 0.6 is 0 Å². The molecule has 0 saturated carbocycles. The van der Waals surface area contributed by atoms with E-state index < -0.39 is 6.04 Å². The summed E-state index contributed by atoms with van der Waals surface area (Å²) in [6.07, 6.45) is 0. The van der Waals surface area contributed by atoms with Gasteiger partial charge in [0.2, 0.25) is 5.82 Å². The van der Waals surface area contributed by atoms with Gasteiger partial charge >= 0.3 is 6.03 Å². The number of benzene rings is 3. The van der Waals surface area contributed by atoms with Crippen molar-refractivity contribution in [1.29, 1.82) is 0 Å². The highest BCUT2D eigenvalue weighted by Crippen LogP contribution is 2.39. The maximum Gasteiger partial charge on any atom is 0.322 e. The SMILES string of the molecule is COc1cccc(C2NC(=O)N(Cc3ccccc3OC)C(C)=C2c2nc(-c3ccc(C)cc3)no2)c1. The number of carbonyl (C=O) groups excluding carboxylic acids is 1. The van der Waals surface area contributed by atoms with Crippen LogP contribution in [0.4, 0.5) is 4.79 Å². The average molecular weight is 497 g/mol. The molecule has 0 radical (unpaired) electrons.